The minimum Gasteiger partial charge on any atom is -0.349 e. The molecule has 1 aliphatic rings. The first-order valence-corrected chi connectivity index (χ1v) is 6.75. The Hall–Kier alpha value is -1.36. The first-order chi connectivity index (χ1) is 8.72. The summed E-state index contributed by atoms with van der Waals surface area (Å²) in [5.41, 5.74) is 1.72. The van der Waals surface area contributed by atoms with Crippen LogP contribution in [0, 0.1) is 0 Å². The standard InChI is InChI=1S/C13H22N4O/c1-3-6-14-7-8-15-13(18)11-9-12(10-4-5-10)17(2)16-11/h9-10,14H,3-8H2,1-2H3,(H,15,18). The van der Waals surface area contributed by atoms with Gasteiger partial charge in [0.2, 0.25) is 0 Å². The quantitative estimate of drug-likeness (QED) is 0.711. The van der Waals surface area contributed by atoms with E-state index in [1.165, 1.54) is 18.5 Å². The second-order valence-electron chi connectivity index (χ2n) is 4.86. The number of nitrogens with zero attached hydrogens (tertiary/aromatic N) is 2. The molecule has 0 aromatic carbocycles. The van der Waals surface area contributed by atoms with Gasteiger partial charge >= 0.3 is 0 Å². The largest absolute Gasteiger partial charge is 0.349 e. The van der Waals surface area contributed by atoms with E-state index >= 15 is 0 Å². The van der Waals surface area contributed by atoms with Gasteiger partial charge in [-0.3, -0.25) is 9.48 Å². The van der Waals surface area contributed by atoms with Crippen molar-refractivity contribution >= 4 is 5.91 Å². The van der Waals surface area contributed by atoms with E-state index in [1.54, 1.807) is 0 Å². The van der Waals surface area contributed by atoms with Crippen molar-refractivity contribution in [2.24, 2.45) is 7.05 Å². The van der Waals surface area contributed by atoms with E-state index in [4.69, 9.17) is 0 Å². The average molecular weight is 250 g/mol. The summed E-state index contributed by atoms with van der Waals surface area (Å²) in [6.07, 6.45) is 3.56. The highest BCUT2D eigenvalue weighted by Gasteiger charge is 2.28. The van der Waals surface area contributed by atoms with Crippen LogP contribution in [0.3, 0.4) is 0 Å². The molecule has 0 spiro atoms. The number of aryl methyl sites for hydroxylation is 1. The highest BCUT2D eigenvalue weighted by molar-refractivity contribution is 5.92. The minimum absolute atomic E-state index is 0.0733. The molecule has 1 saturated carbocycles. The number of hydrogen-bond acceptors (Lipinski definition) is 3. The molecule has 18 heavy (non-hydrogen) atoms. The van der Waals surface area contributed by atoms with Gasteiger partial charge in [0.15, 0.2) is 0 Å². The van der Waals surface area contributed by atoms with E-state index < -0.39 is 0 Å². The Labute approximate surface area is 108 Å². The Bertz CT molecular complexity index is 409. The summed E-state index contributed by atoms with van der Waals surface area (Å²) in [5, 5.41) is 10.4. The first-order valence-electron chi connectivity index (χ1n) is 6.75. The van der Waals surface area contributed by atoms with E-state index in [-0.39, 0.29) is 5.91 Å². The van der Waals surface area contributed by atoms with Crippen LogP contribution in [0.1, 0.15) is 48.3 Å². The summed E-state index contributed by atoms with van der Waals surface area (Å²) in [6.45, 7) is 4.57. The van der Waals surface area contributed by atoms with Gasteiger partial charge in [-0.05, 0) is 31.9 Å². The summed E-state index contributed by atoms with van der Waals surface area (Å²) in [5.74, 6) is 0.547. The number of rotatable bonds is 7. The van der Waals surface area contributed by atoms with Crippen LogP contribution in [0.15, 0.2) is 6.07 Å². The fourth-order valence-corrected chi connectivity index (χ4v) is 2.01. The normalized spacial score (nSPS) is 14.8. The zero-order valence-electron chi connectivity index (χ0n) is 11.2. The van der Waals surface area contributed by atoms with Crippen molar-refractivity contribution in [1.82, 2.24) is 20.4 Å². The van der Waals surface area contributed by atoms with Crippen molar-refractivity contribution in [2.75, 3.05) is 19.6 Å². The van der Waals surface area contributed by atoms with Gasteiger partial charge in [-0.1, -0.05) is 6.92 Å². The van der Waals surface area contributed by atoms with Crippen molar-refractivity contribution in [1.29, 1.82) is 0 Å². The van der Waals surface area contributed by atoms with Gasteiger partial charge in [-0.25, -0.2) is 0 Å². The summed E-state index contributed by atoms with van der Waals surface area (Å²) in [7, 11) is 1.91. The Morgan fingerprint density at radius 1 is 1.44 bits per heavy atom. The van der Waals surface area contributed by atoms with Gasteiger partial charge in [-0.15, -0.1) is 0 Å². The molecule has 1 aliphatic carbocycles. The molecule has 1 heterocycles. The minimum atomic E-state index is -0.0733. The number of aromatic nitrogens is 2. The molecule has 1 aromatic rings. The zero-order chi connectivity index (χ0) is 13.0. The predicted molar refractivity (Wildman–Crippen MR) is 70.7 cm³/mol. The fourth-order valence-electron chi connectivity index (χ4n) is 2.01. The Kier molecular flexibility index (Phi) is 4.36. The van der Waals surface area contributed by atoms with Gasteiger partial charge in [-0.2, -0.15) is 5.10 Å². The summed E-state index contributed by atoms with van der Waals surface area (Å²) >= 11 is 0. The van der Waals surface area contributed by atoms with Crippen LogP contribution in [0.4, 0.5) is 0 Å². The second-order valence-corrected chi connectivity index (χ2v) is 4.86. The molecule has 1 fully saturated rings. The van der Waals surface area contributed by atoms with E-state index in [1.807, 2.05) is 17.8 Å². The molecule has 100 valence electrons. The van der Waals surface area contributed by atoms with E-state index in [9.17, 15) is 4.79 Å². The van der Waals surface area contributed by atoms with Gasteiger partial charge in [0.05, 0.1) is 0 Å². The van der Waals surface area contributed by atoms with Crippen LogP contribution >= 0.6 is 0 Å². The third-order valence-electron chi connectivity index (χ3n) is 3.16. The molecule has 0 bridgehead atoms. The molecule has 2 N–H and O–H groups in total. The number of carbonyl (C=O) groups is 1. The molecule has 1 aromatic heterocycles. The number of carbonyl (C=O) groups excluding carboxylic acids is 1. The lowest BCUT2D eigenvalue weighted by atomic mass is 10.2. The Morgan fingerprint density at radius 2 is 2.22 bits per heavy atom. The number of hydrogen-bond donors (Lipinski definition) is 2. The summed E-state index contributed by atoms with van der Waals surface area (Å²) in [4.78, 5) is 11.9. The fraction of sp³-hybridized carbons (Fsp3) is 0.692. The summed E-state index contributed by atoms with van der Waals surface area (Å²) in [6, 6.07) is 1.92. The maximum Gasteiger partial charge on any atom is 0.271 e. The lowest BCUT2D eigenvalue weighted by Crippen LogP contribution is -2.32. The Balaban J connectivity index is 1.79. The van der Waals surface area contributed by atoms with Crippen molar-refractivity contribution in [3.63, 3.8) is 0 Å². The Morgan fingerprint density at radius 3 is 2.89 bits per heavy atom. The van der Waals surface area contributed by atoms with E-state index in [0.717, 1.165) is 19.5 Å². The average Bonchev–Trinajstić information content (AvgIpc) is 3.12. The van der Waals surface area contributed by atoms with Crippen molar-refractivity contribution < 1.29 is 4.79 Å². The lowest BCUT2D eigenvalue weighted by molar-refractivity contribution is 0.0948. The van der Waals surface area contributed by atoms with Crippen LogP contribution in [-0.4, -0.2) is 35.3 Å². The van der Waals surface area contributed by atoms with Crippen LogP contribution in [0.25, 0.3) is 0 Å². The molecule has 0 radical (unpaired) electrons. The lowest BCUT2D eigenvalue weighted by Gasteiger charge is -2.03. The first kappa shape index (κ1) is 13.1. The molecular weight excluding hydrogens is 228 g/mol. The van der Waals surface area contributed by atoms with Crippen LogP contribution in [-0.2, 0) is 7.05 Å². The maximum absolute atomic E-state index is 11.9. The molecule has 2 rings (SSSR count). The molecular formula is C13H22N4O. The monoisotopic (exact) mass is 250 g/mol. The number of nitrogens with one attached hydrogen (secondary N) is 2. The van der Waals surface area contributed by atoms with Crippen molar-refractivity contribution in [3.8, 4) is 0 Å². The SMILES string of the molecule is CCCNCCNC(=O)c1cc(C2CC2)n(C)n1. The molecule has 0 saturated heterocycles. The molecule has 5 nitrogen and oxygen atoms in total. The molecule has 5 heteroatoms. The zero-order valence-corrected chi connectivity index (χ0v) is 11.2. The maximum atomic E-state index is 11.9. The van der Waals surface area contributed by atoms with Gasteiger partial charge in [0.25, 0.3) is 5.91 Å². The van der Waals surface area contributed by atoms with Gasteiger partial charge < -0.3 is 10.6 Å². The van der Waals surface area contributed by atoms with Crippen LogP contribution in [0.5, 0.6) is 0 Å². The molecule has 1 amide bonds. The molecule has 0 atom stereocenters. The van der Waals surface area contributed by atoms with Crippen LogP contribution < -0.4 is 10.6 Å². The smallest absolute Gasteiger partial charge is 0.271 e. The highest BCUT2D eigenvalue weighted by Crippen LogP contribution is 2.39. The third kappa shape index (κ3) is 3.32. The predicted octanol–water partition coefficient (Wildman–Crippen LogP) is 1.03. The summed E-state index contributed by atoms with van der Waals surface area (Å²) < 4.78 is 1.84. The molecule has 0 unspecified atom stereocenters. The second kappa shape index (κ2) is 6.00. The van der Waals surface area contributed by atoms with Crippen molar-refractivity contribution in [3.05, 3.63) is 17.5 Å². The van der Waals surface area contributed by atoms with Crippen molar-refractivity contribution in [2.45, 2.75) is 32.1 Å². The van der Waals surface area contributed by atoms with Crippen LogP contribution in [0.2, 0.25) is 0 Å². The topological polar surface area (TPSA) is 58.9 Å². The third-order valence-corrected chi connectivity index (χ3v) is 3.16. The van der Waals surface area contributed by atoms with Gasteiger partial charge in [0, 0.05) is 31.7 Å². The van der Waals surface area contributed by atoms with Gasteiger partial charge in [0.1, 0.15) is 5.69 Å². The molecule has 0 aliphatic heterocycles. The van der Waals surface area contributed by atoms with E-state index in [0.29, 0.717) is 18.2 Å². The number of amides is 1. The van der Waals surface area contributed by atoms with E-state index in [2.05, 4.69) is 22.7 Å². The highest BCUT2D eigenvalue weighted by atomic mass is 16.1.